The van der Waals surface area contributed by atoms with Gasteiger partial charge in [-0.3, -0.25) is 0 Å². The minimum absolute atomic E-state index is 0.0782. The van der Waals surface area contributed by atoms with Gasteiger partial charge >= 0.3 is 0 Å². The number of sulfonamides is 1. The standard InChI is InChI=1S/C12H17Cl2NO2S/c1-2-15(18(16,17)9-5-8-13)10-11-6-3-4-7-12(11)14/h3-4,6-7H,2,5,8-10H2,1H3. The Bertz CT molecular complexity index is 477. The van der Waals surface area contributed by atoms with E-state index in [0.29, 0.717) is 30.4 Å². The molecule has 0 aromatic heterocycles. The van der Waals surface area contributed by atoms with Gasteiger partial charge in [-0.2, -0.15) is 4.31 Å². The molecule has 0 N–H and O–H groups in total. The molecule has 1 aromatic rings. The molecule has 0 saturated carbocycles. The van der Waals surface area contributed by atoms with E-state index in [9.17, 15) is 8.42 Å². The Balaban J connectivity index is 2.82. The Morgan fingerprint density at radius 3 is 2.50 bits per heavy atom. The topological polar surface area (TPSA) is 37.4 Å². The third kappa shape index (κ3) is 4.43. The van der Waals surface area contributed by atoms with Crippen LogP contribution >= 0.6 is 23.2 Å². The maximum Gasteiger partial charge on any atom is 0.214 e. The van der Waals surface area contributed by atoms with Crippen LogP contribution in [0.15, 0.2) is 24.3 Å². The summed E-state index contributed by atoms with van der Waals surface area (Å²) in [5.41, 5.74) is 0.815. The van der Waals surface area contributed by atoms with Crippen molar-refractivity contribution in [3.05, 3.63) is 34.9 Å². The Labute approximate surface area is 119 Å². The average molecular weight is 310 g/mol. The lowest BCUT2D eigenvalue weighted by molar-refractivity contribution is 0.423. The fourth-order valence-electron chi connectivity index (χ4n) is 1.59. The number of alkyl halides is 1. The lowest BCUT2D eigenvalue weighted by atomic mass is 10.2. The lowest BCUT2D eigenvalue weighted by Gasteiger charge is -2.20. The Kier molecular flexibility index (Phi) is 6.43. The molecule has 0 atom stereocenters. The van der Waals surface area contributed by atoms with Crippen LogP contribution in [-0.4, -0.2) is 30.9 Å². The molecule has 0 saturated heterocycles. The van der Waals surface area contributed by atoms with Gasteiger partial charge in [0.2, 0.25) is 10.0 Å². The van der Waals surface area contributed by atoms with Crippen LogP contribution in [-0.2, 0) is 16.6 Å². The zero-order valence-electron chi connectivity index (χ0n) is 10.3. The Morgan fingerprint density at radius 1 is 1.28 bits per heavy atom. The average Bonchev–Trinajstić information content (AvgIpc) is 2.35. The van der Waals surface area contributed by atoms with Gasteiger partial charge in [0.15, 0.2) is 0 Å². The second kappa shape index (κ2) is 7.34. The molecule has 1 rings (SSSR count). The van der Waals surface area contributed by atoms with E-state index < -0.39 is 10.0 Å². The number of benzene rings is 1. The lowest BCUT2D eigenvalue weighted by Crippen LogP contribution is -2.32. The molecule has 0 spiro atoms. The number of halogens is 2. The summed E-state index contributed by atoms with van der Waals surface area (Å²) >= 11 is 11.6. The molecule has 0 aliphatic rings. The number of nitrogens with zero attached hydrogens (tertiary/aromatic N) is 1. The molecule has 0 fully saturated rings. The molecule has 0 radical (unpaired) electrons. The third-order valence-electron chi connectivity index (χ3n) is 2.59. The van der Waals surface area contributed by atoms with Gasteiger partial charge < -0.3 is 0 Å². The number of hydrogen-bond acceptors (Lipinski definition) is 2. The second-order valence-corrected chi connectivity index (χ2v) is 6.75. The third-order valence-corrected chi connectivity index (χ3v) is 5.20. The van der Waals surface area contributed by atoms with E-state index in [1.54, 1.807) is 6.07 Å². The van der Waals surface area contributed by atoms with Crippen LogP contribution in [0.4, 0.5) is 0 Å². The van der Waals surface area contributed by atoms with Crippen LogP contribution in [0.25, 0.3) is 0 Å². The molecule has 18 heavy (non-hydrogen) atoms. The van der Waals surface area contributed by atoms with Crippen molar-refractivity contribution in [1.82, 2.24) is 4.31 Å². The summed E-state index contributed by atoms with van der Waals surface area (Å²) < 4.78 is 25.6. The first kappa shape index (κ1) is 15.8. The van der Waals surface area contributed by atoms with Gasteiger partial charge in [0.05, 0.1) is 5.75 Å². The van der Waals surface area contributed by atoms with Crippen LogP contribution in [0.2, 0.25) is 5.02 Å². The van der Waals surface area contributed by atoms with Crippen LogP contribution in [0, 0.1) is 0 Å². The molecule has 0 bridgehead atoms. The highest BCUT2D eigenvalue weighted by atomic mass is 35.5. The van der Waals surface area contributed by atoms with E-state index >= 15 is 0 Å². The summed E-state index contributed by atoms with van der Waals surface area (Å²) in [6.45, 7) is 2.55. The fourth-order valence-corrected chi connectivity index (χ4v) is 3.57. The van der Waals surface area contributed by atoms with Gasteiger partial charge in [0.1, 0.15) is 0 Å². The van der Waals surface area contributed by atoms with Crippen LogP contribution in [0.5, 0.6) is 0 Å². The van der Waals surface area contributed by atoms with Gasteiger partial charge in [0.25, 0.3) is 0 Å². The minimum atomic E-state index is -3.26. The molecular weight excluding hydrogens is 293 g/mol. The number of rotatable bonds is 7. The molecule has 3 nitrogen and oxygen atoms in total. The Morgan fingerprint density at radius 2 is 1.94 bits per heavy atom. The summed E-state index contributed by atoms with van der Waals surface area (Å²) in [6, 6.07) is 7.27. The van der Waals surface area contributed by atoms with Crippen molar-refractivity contribution < 1.29 is 8.42 Å². The summed E-state index contributed by atoms with van der Waals surface area (Å²) in [6.07, 6.45) is 0.461. The number of hydrogen-bond donors (Lipinski definition) is 0. The summed E-state index contributed by atoms with van der Waals surface area (Å²) in [4.78, 5) is 0. The summed E-state index contributed by atoms with van der Waals surface area (Å²) in [7, 11) is -3.26. The summed E-state index contributed by atoms with van der Waals surface area (Å²) in [5, 5.41) is 0.587. The van der Waals surface area contributed by atoms with Gasteiger partial charge in [-0.05, 0) is 18.1 Å². The van der Waals surface area contributed by atoms with Crippen molar-refractivity contribution >= 4 is 33.2 Å². The van der Waals surface area contributed by atoms with Crippen molar-refractivity contribution in [2.24, 2.45) is 0 Å². The molecule has 0 amide bonds. The highest BCUT2D eigenvalue weighted by Gasteiger charge is 2.20. The highest BCUT2D eigenvalue weighted by molar-refractivity contribution is 7.89. The zero-order valence-corrected chi connectivity index (χ0v) is 12.6. The maximum atomic E-state index is 12.1. The first-order valence-corrected chi connectivity index (χ1v) is 8.30. The first-order valence-electron chi connectivity index (χ1n) is 5.78. The zero-order chi connectivity index (χ0) is 13.6. The van der Waals surface area contributed by atoms with Gasteiger partial charge in [-0.15, -0.1) is 11.6 Å². The van der Waals surface area contributed by atoms with E-state index in [0.717, 1.165) is 5.56 Å². The predicted molar refractivity (Wildman–Crippen MR) is 76.7 cm³/mol. The van der Waals surface area contributed by atoms with E-state index in [4.69, 9.17) is 23.2 Å². The smallest absolute Gasteiger partial charge is 0.212 e. The van der Waals surface area contributed by atoms with Crippen LogP contribution in [0.3, 0.4) is 0 Å². The minimum Gasteiger partial charge on any atom is -0.212 e. The summed E-state index contributed by atoms with van der Waals surface area (Å²) in [5.74, 6) is 0.428. The van der Waals surface area contributed by atoms with Gasteiger partial charge in [-0.1, -0.05) is 36.7 Å². The maximum absolute atomic E-state index is 12.1. The van der Waals surface area contributed by atoms with E-state index in [1.165, 1.54) is 4.31 Å². The second-order valence-electron chi connectivity index (χ2n) is 3.88. The molecular formula is C12H17Cl2NO2S. The van der Waals surface area contributed by atoms with E-state index in [-0.39, 0.29) is 5.75 Å². The van der Waals surface area contributed by atoms with Crippen molar-refractivity contribution in [1.29, 1.82) is 0 Å². The van der Waals surface area contributed by atoms with Gasteiger partial charge in [-0.25, -0.2) is 8.42 Å². The highest BCUT2D eigenvalue weighted by Crippen LogP contribution is 2.18. The Hall–Kier alpha value is -0.290. The van der Waals surface area contributed by atoms with Crippen LogP contribution < -0.4 is 0 Å². The molecule has 0 unspecified atom stereocenters. The van der Waals surface area contributed by atoms with Crippen LogP contribution in [0.1, 0.15) is 18.9 Å². The van der Waals surface area contributed by atoms with Crippen molar-refractivity contribution in [2.45, 2.75) is 19.9 Å². The predicted octanol–water partition coefficient (Wildman–Crippen LogP) is 3.12. The molecule has 1 aromatic carbocycles. The normalized spacial score (nSPS) is 12.0. The van der Waals surface area contributed by atoms with E-state index in [2.05, 4.69) is 0 Å². The molecule has 102 valence electrons. The van der Waals surface area contributed by atoms with Gasteiger partial charge in [0, 0.05) is 24.0 Å². The van der Waals surface area contributed by atoms with Crippen molar-refractivity contribution in [2.75, 3.05) is 18.2 Å². The molecule has 6 heteroatoms. The van der Waals surface area contributed by atoms with Crippen molar-refractivity contribution in [3.63, 3.8) is 0 Å². The SMILES string of the molecule is CCN(Cc1ccccc1Cl)S(=O)(=O)CCCCl. The van der Waals surface area contributed by atoms with E-state index in [1.807, 2.05) is 25.1 Å². The largest absolute Gasteiger partial charge is 0.214 e. The fraction of sp³-hybridized carbons (Fsp3) is 0.500. The molecule has 0 aliphatic carbocycles. The quantitative estimate of drug-likeness (QED) is 0.726. The first-order chi connectivity index (χ1) is 8.51. The molecule has 0 aliphatic heterocycles. The molecule has 0 heterocycles. The monoisotopic (exact) mass is 309 g/mol. The van der Waals surface area contributed by atoms with Crippen molar-refractivity contribution in [3.8, 4) is 0 Å².